The molecule has 1 aromatic heterocycles. The summed E-state index contributed by atoms with van der Waals surface area (Å²) in [4.78, 5) is 16.5. The highest BCUT2D eigenvalue weighted by Crippen LogP contribution is 2.32. The van der Waals surface area contributed by atoms with Crippen LogP contribution < -0.4 is 11.1 Å². The zero-order chi connectivity index (χ0) is 14.0. The highest BCUT2D eigenvalue weighted by molar-refractivity contribution is 5.85. The molecule has 3 N–H and O–H groups in total. The summed E-state index contributed by atoms with van der Waals surface area (Å²) in [5, 5.41) is 6.89. The highest BCUT2D eigenvalue weighted by atomic mass is 35.5. The molecule has 0 spiro atoms. The van der Waals surface area contributed by atoms with Crippen molar-refractivity contribution in [2.45, 2.75) is 45.6 Å². The van der Waals surface area contributed by atoms with Gasteiger partial charge in [-0.05, 0) is 39.2 Å². The fourth-order valence-electron chi connectivity index (χ4n) is 2.67. The summed E-state index contributed by atoms with van der Waals surface area (Å²) >= 11 is 0. The number of carbonyl (C=O) groups is 1. The smallest absolute Gasteiger partial charge is 0.224 e. The Balaban J connectivity index is 0.00000200. The van der Waals surface area contributed by atoms with Gasteiger partial charge in [0.15, 0.2) is 5.82 Å². The van der Waals surface area contributed by atoms with Crippen LogP contribution in [-0.2, 0) is 10.3 Å². The van der Waals surface area contributed by atoms with E-state index in [2.05, 4.69) is 15.5 Å². The molecule has 1 amide bonds. The molecule has 1 aliphatic rings. The molecule has 1 aromatic rings. The lowest BCUT2D eigenvalue weighted by Crippen LogP contribution is -2.46. The van der Waals surface area contributed by atoms with Crippen LogP contribution in [0.5, 0.6) is 0 Å². The number of amides is 1. The summed E-state index contributed by atoms with van der Waals surface area (Å²) in [6.45, 7) is 6.05. The number of nitrogens with zero attached hydrogens (tertiary/aromatic N) is 2. The van der Waals surface area contributed by atoms with Crippen molar-refractivity contribution >= 4 is 18.3 Å². The number of nitrogens with one attached hydrogen (secondary N) is 1. The van der Waals surface area contributed by atoms with Crippen molar-refractivity contribution in [2.75, 3.05) is 6.54 Å². The number of hydrogen-bond acceptors (Lipinski definition) is 5. The van der Waals surface area contributed by atoms with Gasteiger partial charge in [0, 0.05) is 12.8 Å². The Bertz CT molecular complexity index is 461. The van der Waals surface area contributed by atoms with E-state index in [4.69, 9.17) is 10.3 Å². The van der Waals surface area contributed by atoms with E-state index in [9.17, 15) is 4.79 Å². The van der Waals surface area contributed by atoms with Crippen LogP contribution in [0.15, 0.2) is 4.52 Å². The van der Waals surface area contributed by atoms with Gasteiger partial charge in [0.05, 0.1) is 5.54 Å². The van der Waals surface area contributed by atoms with Crippen LogP contribution in [0.2, 0.25) is 0 Å². The van der Waals surface area contributed by atoms with Crippen LogP contribution in [0.4, 0.5) is 0 Å². The number of carbonyl (C=O) groups excluding carboxylic acids is 1. The Morgan fingerprint density at radius 3 is 2.75 bits per heavy atom. The second kappa shape index (κ2) is 6.54. The minimum absolute atomic E-state index is 0. The first-order chi connectivity index (χ1) is 8.94. The van der Waals surface area contributed by atoms with Gasteiger partial charge in [0.1, 0.15) is 0 Å². The van der Waals surface area contributed by atoms with Gasteiger partial charge in [-0.25, -0.2) is 0 Å². The predicted molar refractivity (Wildman–Crippen MR) is 77.3 cm³/mol. The Hall–Kier alpha value is -1.14. The molecule has 0 saturated heterocycles. The van der Waals surface area contributed by atoms with Crippen LogP contribution in [0.25, 0.3) is 0 Å². The first kappa shape index (κ1) is 16.9. The summed E-state index contributed by atoms with van der Waals surface area (Å²) in [5.41, 5.74) is 5.09. The number of aromatic nitrogens is 2. The van der Waals surface area contributed by atoms with E-state index in [-0.39, 0.29) is 24.2 Å². The van der Waals surface area contributed by atoms with Gasteiger partial charge in [0.2, 0.25) is 11.8 Å². The molecule has 1 saturated carbocycles. The molecule has 6 nitrogen and oxygen atoms in total. The van der Waals surface area contributed by atoms with Gasteiger partial charge in [-0.15, -0.1) is 12.4 Å². The van der Waals surface area contributed by atoms with E-state index < -0.39 is 5.54 Å². The lowest BCUT2D eigenvalue weighted by Gasteiger charge is -2.26. The molecule has 0 bridgehead atoms. The summed E-state index contributed by atoms with van der Waals surface area (Å²) in [7, 11) is 0. The molecule has 0 aromatic carbocycles. The largest absolute Gasteiger partial charge is 0.344 e. The van der Waals surface area contributed by atoms with Crippen molar-refractivity contribution in [3.63, 3.8) is 0 Å². The van der Waals surface area contributed by atoms with Gasteiger partial charge in [-0.1, -0.05) is 11.6 Å². The van der Waals surface area contributed by atoms with Crippen molar-refractivity contribution < 1.29 is 9.32 Å². The van der Waals surface area contributed by atoms with Gasteiger partial charge < -0.3 is 15.6 Å². The number of hydrogen-bond donors (Lipinski definition) is 2. The molecule has 0 unspecified atom stereocenters. The minimum atomic E-state index is -0.628. The summed E-state index contributed by atoms with van der Waals surface area (Å²) in [6.07, 6.45) is 3.02. The average Bonchev–Trinajstić information content (AvgIpc) is 2.96. The number of nitrogens with two attached hydrogens (primary N) is 1. The second-order valence-corrected chi connectivity index (χ2v) is 5.78. The van der Waals surface area contributed by atoms with Gasteiger partial charge in [0.25, 0.3) is 0 Å². The molecule has 2 atom stereocenters. The first-order valence-electron chi connectivity index (χ1n) is 6.77. The standard InChI is InChI=1S/C13H22N4O2.ClH/c1-8-15-12(17-19-8)13(2,3)16-11(18)10-6-4-5-9(10)7-14;/h9-10H,4-7,14H2,1-3H3,(H,16,18);1H/t9-,10-;/m1./s1. The predicted octanol–water partition coefficient (Wildman–Crippen LogP) is 1.53. The van der Waals surface area contributed by atoms with Crippen LogP contribution in [0.3, 0.4) is 0 Å². The molecule has 1 fully saturated rings. The number of rotatable bonds is 4. The fraction of sp³-hybridized carbons (Fsp3) is 0.769. The maximum atomic E-state index is 12.4. The SMILES string of the molecule is Cc1nc(C(C)(C)NC(=O)[C@@H]2CCC[C@@H]2CN)no1.Cl. The average molecular weight is 303 g/mol. The quantitative estimate of drug-likeness (QED) is 0.879. The second-order valence-electron chi connectivity index (χ2n) is 5.78. The molecule has 7 heteroatoms. The monoisotopic (exact) mass is 302 g/mol. The number of halogens is 1. The molecule has 1 aliphatic carbocycles. The lowest BCUT2D eigenvalue weighted by molar-refractivity contribution is -0.127. The van der Waals surface area contributed by atoms with Crippen molar-refractivity contribution in [3.8, 4) is 0 Å². The normalized spacial score (nSPS) is 22.4. The molecule has 2 rings (SSSR count). The zero-order valence-corrected chi connectivity index (χ0v) is 13.0. The van der Waals surface area contributed by atoms with E-state index >= 15 is 0 Å². The van der Waals surface area contributed by atoms with Crippen LogP contribution in [0.1, 0.15) is 44.8 Å². The first-order valence-corrected chi connectivity index (χ1v) is 6.77. The summed E-state index contributed by atoms with van der Waals surface area (Å²) < 4.78 is 4.97. The number of aryl methyl sites for hydroxylation is 1. The van der Waals surface area contributed by atoms with Crippen LogP contribution in [-0.4, -0.2) is 22.6 Å². The van der Waals surface area contributed by atoms with E-state index in [0.717, 1.165) is 19.3 Å². The van der Waals surface area contributed by atoms with E-state index in [1.807, 2.05) is 13.8 Å². The lowest BCUT2D eigenvalue weighted by atomic mass is 9.93. The zero-order valence-electron chi connectivity index (χ0n) is 12.2. The fourth-order valence-corrected chi connectivity index (χ4v) is 2.67. The molecule has 0 radical (unpaired) electrons. The maximum absolute atomic E-state index is 12.4. The molecular formula is C13H23ClN4O2. The van der Waals surface area contributed by atoms with E-state index in [1.54, 1.807) is 6.92 Å². The third-order valence-corrected chi connectivity index (χ3v) is 3.82. The molecule has 114 valence electrons. The Labute approximate surface area is 125 Å². The van der Waals surface area contributed by atoms with Gasteiger partial charge in [-0.2, -0.15) is 4.98 Å². The van der Waals surface area contributed by atoms with Gasteiger partial charge >= 0.3 is 0 Å². The Morgan fingerprint density at radius 1 is 1.50 bits per heavy atom. The maximum Gasteiger partial charge on any atom is 0.224 e. The van der Waals surface area contributed by atoms with E-state index in [1.165, 1.54) is 0 Å². The molecule has 20 heavy (non-hydrogen) atoms. The summed E-state index contributed by atoms with van der Waals surface area (Å²) in [5.74, 6) is 1.35. The Morgan fingerprint density at radius 2 is 2.20 bits per heavy atom. The van der Waals surface area contributed by atoms with Crippen molar-refractivity contribution in [1.29, 1.82) is 0 Å². The third kappa shape index (κ3) is 3.49. The molecule has 1 heterocycles. The van der Waals surface area contributed by atoms with Crippen LogP contribution >= 0.6 is 12.4 Å². The Kier molecular flexibility index (Phi) is 5.53. The molecular weight excluding hydrogens is 280 g/mol. The highest BCUT2D eigenvalue weighted by Gasteiger charge is 2.36. The van der Waals surface area contributed by atoms with Crippen LogP contribution in [0, 0.1) is 18.8 Å². The van der Waals surface area contributed by atoms with Gasteiger partial charge in [-0.3, -0.25) is 4.79 Å². The third-order valence-electron chi connectivity index (χ3n) is 3.82. The van der Waals surface area contributed by atoms with Crippen molar-refractivity contribution in [2.24, 2.45) is 17.6 Å². The summed E-state index contributed by atoms with van der Waals surface area (Å²) in [6, 6.07) is 0. The van der Waals surface area contributed by atoms with E-state index in [0.29, 0.717) is 24.2 Å². The topological polar surface area (TPSA) is 94.0 Å². The van der Waals surface area contributed by atoms with Crippen molar-refractivity contribution in [3.05, 3.63) is 11.7 Å². The van der Waals surface area contributed by atoms with Crippen molar-refractivity contribution in [1.82, 2.24) is 15.5 Å². The molecule has 0 aliphatic heterocycles. The minimum Gasteiger partial charge on any atom is -0.344 e.